The minimum atomic E-state index is -0.857. The molecule has 6 rings (SSSR count). The van der Waals surface area contributed by atoms with Crippen LogP contribution < -0.4 is 19.7 Å². The summed E-state index contributed by atoms with van der Waals surface area (Å²) in [5.41, 5.74) is 4.58. The van der Waals surface area contributed by atoms with Gasteiger partial charge in [0.2, 0.25) is 5.91 Å². The van der Waals surface area contributed by atoms with Crippen LogP contribution in [-0.4, -0.2) is 44.8 Å². The molecule has 0 aliphatic carbocycles. The zero-order chi connectivity index (χ0) is 24.7. The van der Waals surface area contributed by atoms with Crippen molar-refractivity contribution in [2.75, 3.05) is 37.9 Å². The van der Waals surface area contributed by atoms with Gasteiger partial charge in [0.25, 0.3) is 5.91 Å². The molecule has 1 spiro atoms. The van der Waals surface area contributed by atoms with E-state index in [2.05, 4.69) is 11.4 Å². The number of carbonyl (C=O) groups excluding carboxylic acids is 2. The van der Waals surface area contributed by atoms with Gasteiger partial charge in [-0.1, -0.05) is 30.3 Å². The lowest BCUT2D eigenvalue weighted by atomic mass is 9.76. The molecule has 3 aromatic carbocycles. The normalized spacial score (nSPS) is 19.0. The molecular formula is C29H28N2O5. The average molecular weight is 485 g/mol. The largest absolute Gasteiger partial charge is 0.493 e. The van der Waals surface area contributed by atoms with Crippen LogP contribution in [0, 0.1) is 0 Å². The standard InChI is InChI=1S/C29H28N2O5/c1-2-34-14-12-30-27(32)20-9-7-19(8-10-20)17-31-24-6-4-3-5-22(24)29(28(31)33)18-36-26-16-25-21(11-13-35-25)15-23(26)29/h3-10,15-16H,2,11-14,17-18H2,1H3,(H,30,32). The molecule has 36 heavy (non-hydrogen) atoms. The van der Waals surface area contributed by atoms with E-state index in [1.165, 1.54) is 0 Å². The minimum Gasteiger partial charge on any atom is -0.493 e. The third kappa shape index (κ3) is 3.54. The second kappa shape index (κ2) is 8.99. The van der Waals surface area contributed by atoms with Crippen molar-refractivity contribution in [1.29, 1.82) is 0 Å². The van der Waals surface area contributed by atoms with Gasteiger partial charge in [-0.25, -0.2) is 0 Å². The summed E-state index contributed by atoms with van der Waals surface area (Å²) in [5, 5.41) is 2.86. The van der Waals surface area contributed by atoms with Crippen LogP contribution in [0.5, 0.6) is 11.5 Å². The predicted molar refractivity (Wildman–Crippen MR) is 135 cm³/mol. The number of nitrogens with one attached hydrogen (secondary N) is 1. The summed E-state index contributed by atoms with van der Waals surface area (Å²) in [6.45, 7) is 4.84. The molecule has 0 saturated heterocycles. The summed E-state index contributed by atoms with van der Waals surface area (Å²) in [4.78, 5) is 28.4. The first-order chi connectivity index (χ1) is 17.6. The third-order valence-electron chi connectivity index (χ3n) is 7.25. The highest BCUT2D eigenvalue weighted by Gasteiger charge is 2.57. The quantitative estimate of drug-likeness (QED) is 0.519. The van der Waals surface area contributed by atoms with E-state index in [0.717, 1.165) is 45.9 Å². The van der Waals surface area contributed by atoms with E-state index >= 15 is 0 Å². The summed E-state index contributed by atoms with van der Waals surface area (Å²) in [5.74, 6) is 1.45. The van der Waals surface area contributed by atoms with E-state index in [4.69, 9.17) is 14.2 Å². The van der Waals surface area contributed by atoms with Crippen molar-refractivity contribution in [2.45, 2.75) is 25.3 Å². The highest BCUT2D eigenvalue weighted by molar-refractivity contribution is 6.11. The molecule has 184 valence electrons. The maximum atomic E-state index is 14.1. The Balaban J connectivity index is 1.27. The molecular weight excluding hydrogens is 456 g/mol. The van der Waals surface area contributed by atoms with E-state index in [-0.39, 0.29) is 18.4 Å². The number of anilines is 1. The SMILES string of the molecule is CCOCCNC(=O)c1ccc(CN2C(=O)C3(COc4cc5c(cc43)CCO5)c3ccccc32)cc1. The number of hydrogen-bond donors (Lipinski definition) is 1. The van der Waals surface area contributed by atoms with Gasteiger partial charge in [-0.2, -0.15) is 0 Å². The molecule has 3 aromatic rings. The van der Waals surface area contributed by atoms with Crippen LogP contribution in [0.25, 0.3) is 0 Å². The molecule has 0 fully saturated rings. The Labute approximate surface area is 210 Å². The molecule has 7 nitrogen and oxygen atoms in total. The molecule has 0 radical (unpaired) electrons. The van der Waals surface area contributed by atoms with E-state index in [1.54, 1.807) is 12.1 Å². The summed E-state index contributed by atoms with van der Waals surface area (Å²) >= 11 is 0. The van der Waals surface area contributed by atoms with E-state index < -0.39 is 5.41 Å². The van der Waals surface area contributed by atoms with Crippen molar-refractivity contribution in [3.05, 3.63) is 88.5 Å². The van der Waals surface area contributed by atoms with Crippen molar-refractivity contribution < 1.29 is 23.8 Å². The molecule has 0 saturated carbocycles. The monoisotopic (exact) mass is 484 g/mol. The molecule has 0 bridgehead atoms. The van der Waals surface area contributed by atoms with Crippen molar-refractivity contribution in [3.8, 4) is 11.5 Å². The van der Waals surface area contributed by atoms with Gasteiger partial charge in [0.1, 0.15) is 23.5 Å². The Morgan fingerprint density at radius 1 is 1.06 bits per heavy atom. The highest BCUT2D eigenvalue weighted by atomic mass is 16.5. The van der Waals surface area contributed by atoms with Crippen molar-refractivity contribution in [1.82, 2.24) is 5.32 Å². The third-order valence-corrected chi connectivity index (χ3v) is 7.25. The van der Waals surface area contributed by atoms with Crippen molar-refractivity contribution in [3.63, 3.8) is 0 Å². The Morgan fingerprint density at radius 2 is 1.89 bits per heavy atom. The lowest BCUT2D eigenvalue weighted by molar-refractivity contribution is -0.122. The molecule has 1 atom stereocenters. The van der Waals surface area contributed by atoms with Crippen LogP contribution in [0.3, 0.4) is 0 Å². The number of para-hydroxylation sites is 1. The zero-order valence-electron chi connectivity index (χ0n) is 20.2. The number of nitrogens with zero attached hydrogens (tertiary/aromatic N) is 1. The maximum absolute atomic E-state index is 14.1. The Bertz CT molecular complexity index is 1340. The molecule has 1 N–H and O–H groups in total. The van der Waals surface area contributed by atoms with Crippen LogP contribution in [0.1, 0.15) is 39.5 Å². The molecule has 1 unspecified atom stereocenters. The van der Waals surface area contributed by atoms with Gasteiger partial charge in [0.15, 0.2) is 0 Å². The van der Waals surface area contributed by atoms with Crippen LogP contribution in [0.15, 0.2) is 60.7 Å². The first kappa shape index (κ1) is 22.6. The van der Waals surface area contributed by atoms with Gasteiger partial charge in [0, 0.05) is 42.5 Å². The number of amides is 2. The second-order valence-corrected chi connectivity index (χ2v) is 9.31. The Hall–Kier alpha value is -3.84. The minimum absolute atomic E-state index is 0.0130. The number of fused-ring (bicyclic) bond motifs is 5. The zero-order valence-corrected chi connectivity index (χ0v) is 20.2. The fraction of sp³-hybridized carbons (Fsp3) is 0.310. The second-order valence-electron chi connectivity index (χ2n) is 9.31. The van der Waals surface area contributed by atoms with Gasteiger partial charge in [-0.05, 0) is 47.9 Å². The molecule has 3 heterocycles. The smallest absolute Gasteiger partial charge is 0.251 e. The van der Waals surface area contributed by atoms with Crippen LogP contribution >= 0.6 is 0 Å². The van der Waals surface area contributed by atoms with Crippen LogP contribution in [0.2, 0.25) is 0 Å². The lowest BCUT2D eigenvalue weighted by Crippen LogP contribution is -2.42. The summed E-state index contributed by atoms with van der Waals surface area (Å²) in [6.07, 6.45) is 0.837. The first-order valence-corrected chi connectivity index (χ1v) is 12.4. The van der Waals surface area contributed by atoms with E-state index in [9.17, 15) is 9.59 Å². The predicted octanol–water partition coefficient (Wildman–Crippen LogP) is 3.61. The van der Waals surface area contributed by atoms with Crippen molar-refractivity contribution in [2.24, 2.45) is 0 Å². The molecule has 7 heteroatoms. The van der Waals surface area contributed by atoms with Gasteiger partial charge < -0.3 is 24.4 Å². The number of ether oxygens (including phenoxy) is 3. The topological polar surface area (TPSA) is 77.1 Å². The van der Waals surface area contributed by atoms with Gasteiger partial charge >= 0.3 is 0 Å². The highest BCUT2D eigenvalue weighted by Crippen LogP contribution is 2.54. The number of rotatable bonds is 7. The lowest BCUT2D eigenvalue weighted by Gasteiger charge is -2.23. The fourth-order valence-corrected chi connectivity index (χ4v) is 5.43. The van der Waals surface area contributed by atoms with Gasteiger partial charge in [0.05, 0.1) is 19.8 Å². The molecule has 3 aliphatic rings. The summed E-state index contributed by atoms with van der Waals surface area (Å²) in [7, 11) is 0. The fourth-order valence-electron chi connectivity index (χ4n) is 5.43. The van der Waals surface area contributed by atoms with Crippen LogP contribution in [-0.2, 0) is 27.9 Å². The maximum Gasteiger partial charge on any atom is 0.251 e. The first-order valence-electron chi connectivity index (χ1n) is 12.4. The number of hydrogen-bond acceptors (Lipinski definition) is 5. The summed E-state index contributed by atoms with van der Waals surface area (Å²) < 4.78 is 17.1. The molecule has 3 aliphatic heterocycles. The Kier molecular flexibility index (Phi) is 5.64. The van der Waals surface area contributed by atoms with Crippen LogP contribution in [0.4, 0.5) is 5.69 Å². The van der Waals surface area contributed by atoms with Crippen molar-refractivity contribution >= 4 is 17.5 Å². The van der Waals surface area contributed by atoms with E-state index in [1.807, 2.05) is 54.3 Å². The number of carbonyl (C=O) groups is 2. The molecule has 0 aromatic heterocycles. The molecule has 2 amide bonds. The number of benzene rings is 3. The van der Waals surface area contributed by atoms with Gasteiger partial charge in [-0.3, -0.25) is 9.59 Å². The van der Waals surface area contributed by atoms with Gasteiger partial charge in [-0.15, -0.1) is 0 Å². The average Bonchev–Trinajstić information content (AvgIpc) is 3.58. The summed E-state index contributed by atoms with van der Waals surface area (Å²) in [6, 6.07) is 19.4. The Morgan fingerprint density at radius 3 is 2.72 bits per heavy atom. The van der Waals surface area contributed by atoms with E-state index in [0.29, 0.717) is 38.5 Å².